The molecule has 28 heavy (non-hydrogen) atoms. The highest BCUT2D eigenvalue weighted by Crippen LogP contribution is 2.37. The number of hydrogen-bond donors (Lipinski definition) is 2. The summed E-state index contributed by atoms with van der Waals surface area (Å²) in [4.78, 5) is 11.7. The van der Waals surface area contributed by atoms with Crippen LogP contribution in [0.25, 0.3) is 0 Å². The van der Waals surface area contributed by atoms with E-state index in [1.807, 2.05) is 20.8 Å². The van der Waals surface area contributed by atoms with Gasteiger partial charge in [0.15, 0.2) is 0 Å². The summed E-state index contributed by atoms with van der Waals surface area (Å²) < 4.78 is 41.5. The molecule has 0 aliphatic heterocycles. The third-order valence-corrected chi connectivity index (χ3v) is 7.18. The molecule has 0 aromatic heterocycles. The smallest absolute Gasteiger partial charge is 0.371 e. The molecular formula is C17H38N2O8Si. The third kappa shape index (κ3) is 6.92. The van der Waals surface area contributed by atoms with Crippen LogP contribution in [-0.4, -0.2) is 72.9 Å². The number of carbonyl (C=O) groups is 1. The number of nitrogens with two attached hydrogens (primary N) is 1. The van der Waals surface area contributed by atoms with E-state index in [-0.39, 0.29) is 26.2 Å². The number of nitrogens with one attached hydrogen (secondary N) is 1. The van der Waals surface area contributed by atoms with E-state index in [4.69, 9.17) is 38.0 Å². The van der Waals surface area contributed by atoms with E-state index in [1.165, 1.54) is 7.11 Å². The SMILES string of the molecule is CCOC(CC(OC)(OCC)[Si](OCC)(OCC)OCC)(NC(N)=O)OCC. The summed E-state index contributed by atoms with van der Waals surface area (Å²) in [6.45, 7) is 12.5. The van der Waals surface area contributed by atoms with Crippen molar-refractivity contribution in [2.45, 2.75) is 59.3 Å². The van der Waals surface area contributed by atoms with Gasteiger partial charge in [0.25, 0.3) is 5.91 Å². The lowest BCUT2D eigenvalue weighted by Crippen LogP contribution is -2.72. The molecule has 0 radical (unpaired) electrons. The van der Waals surface area contributed by atoms with Crippen LogP contribution in [0.5, 0.6) is 0 Å². The predicted molar refractivity (Wildman–Crippen MR) is 105 cm³/mol. The first-order valence-corrected chi connectivity index (χ1v) is 11.5. The lowest BCUT2D eigenvalue weighted by molar-refractivity contribution is -0.306. The van der Waals surface area contributed by atoms with E-state index >= 15 is 0 Å². The van der Waals surface area contributed by atoms with Crippen LogP contribution in [0.15, 0.2) is 0 Å². The minimum atomic E-state index is -3.61. The maximum absolute atomic E-state index is 11.7. The van der Waals surface area contributed by atoms with E-state index in [9.17, 15) is 4.79 Å². The van der Waals surface area contributed by atoms with Crippen molar-refractivity contribution in [2.75, 3.05) is 46.8 Å². The Kier molecular flexibility index (Phi) is 13.1. The summed E-state index contributed by atoms with van der Waals surface area (Å²) in [5.41, 5.74) is 3.87. The molecule has 1 unspecified atom stereocenters. The zero-order valence-electron chi connectivity index (χ0n) is 18.3. The van der Waals surface area contributed by atoms with E-state index < -0.39 is 26.2 Å². The van der Waals surface area contributed by atoms with Gasteiger partial charge in [-0.3, -0.25) is 5.32 Å². The third-order valence-electron chi connectivity index (χ3n) is 3.71. The molecule has 0 spiro atoms. The van der Waals surface area contributed by atoms with Crippen LogP contribution in [0, 0.1) is 0 Å². The molecule has 3 N–H and O–H groups in total. The van der Waals surface area contributed by atoms with Gasteiger partial charge in [-0.2, -0.15) is 0 Å². The average Bonchev–Trinajstić information content (AvgIpc) is 2.61. The minimum absolute atomic E-state index is 0.124. The quantitative estimate of drug-likeness (QED) is 0.267. The standard InChI is InChI=1S/C17H38N2O8Si/c1-8-22-16(23-9-2,19-15(18)20)14-17(21-7,24-10-3)28(25-11-4,26-12-5)27-13-6/h8-14H2,1-7H3,(H3,18,19,20). The van der Waals surface area contributed by atoms with Crippen molar-refractivity contribution < 1.29 is 37.0 Å². The van der Waals surface area contributed by atoms with Crippen molar-refractivity contribution in [3.8, 4) is 0 Å². The van der Waals surface area contributed by atoms with Gasteiger partial charge in [-0.25, -0.2) is 4.79 Å². The zero-order valence-corrected chi connectivity index (χ0v) is 19.3. The Morgan fingerprint density at radius 1 is 0.821 bits per heavy atom. The highest BCUT2D eigenvalue weighted by molar-refractivity contribution is 6.63. The van der Waals surface area contributed by atoms with Crippen molar-refractivity contribution in [3.63, 3.8) is 0 Å². The largest absolute Gasteiger partial charge is 0.564 e. The monoisotopic (exact) mass is 426 g/mol. The number of hydrogen-bond acceptors (Lipinski definition) is 8. The van der Waals surface area contributed by atoms with Gasteiger partial charge in [0, 0.05) is 46.8 Å². The Morgan fingerprint density at radius 2 is 1.25 bits per heavy atom. The van der Waals surface area contributed by atoms with Gasteiger partial charge >= 0.3 is 14.8 Å². The number of rotatable bonds is 17. The van der Waals surface area contributed by atoms with Gasteiger partial charge in [-0.15, -0.1) is 0 Å². The fourth-order valence-corrected chi connectivity index (χ4v) is 6.05. The van der Waals surface area contributed by atoms with Gasteiger partial charge in [-0.1, -0.05) is 0 Å². The van der Waals surface area contributed by atoms with Crippen molar-refractivity contribution in [2.24, 2.45) is 5.73 Å². The second-order valence-electron chi connectivity index (χ2n) is 5.53. The number of carbonyl (C=O) groups excluding carboxylic acids is 1. The van der Waals surface area contributed by atoms with E-state index in [1.54, 1.807) is 20.8 Å². The van der Waals surface area contributed by atoms with Gasteiger partial charge in [0.05, 0.1) is 6.42 Å². The summed E-state index contributed by atoms with van der Waals surface area (Å²) in [6.07, 6.45) is -0.124. The van der Waals surface area contributed by atoms with Crippen molar-refractivity contribution in [3.05, 3.63) is 0 Å². The van der Waals surface area contributed by atoms with Crippen LogP contribution < -0.4 is 11.1 Å². The summed E-state index contributed by atoms with van der Waals surface area (Å²) >= 11 is 0. The molecule has 0 rings (SSSR count). The van der Waals surface area contributed by atoms with Crippen LogP contribution in [-0.2, 0) is 32.2 Å². The van der Waals surface area contributed by atoms with Crippen LogP contribution in [0.4, 0.5) is 4.79 Å². The van der Waals surface area contributed by atoms with Crippen LogP contribution in [0.2, 0.25) is 0 Å². The molecule has 0 heterocycles. The Morgan fingerprint density at radius 3 is 1.54 bits per heavy atom. The highest BCUT2D eigenvalue weighted by atomic mass is 28.4. The molecule has 0 saturated carbocycles. The van der Waals surface area contributed by atoms with Gasteiger partial charge in [0.1, 0.15) is 0 Å². The fourth-order valence-electron chi connectivity index (χ4n) is 2.98. The Labute approximate surface area is 169 Å². The Balaban J connectivity index is 6.45. The molecule has 0 aliphatic carbocycles. The summed E-state index contributed by atoms with van der Waals surface area (Å²) in [5.74, 6) is -1.62. The van der Waals surface area contributed by atoms with Crippen molar-refractivity contribution in [1.82, 2.24) is 5.32 Å². The lowest BCUT2D eigenvalue weighted by atomic mass is 10.3. The maximum Gasteiger partial charge on any atom is 0.564 e. The fraction of sp³-hybridized carbons (Fsp3) is 0.941. The van der Waals surface area contributed by atoms with Crippen LogP contribution >= 0.6 is 0 Å². The highest BCUT2D eigenvalue weighted by Gasteiger charge is 2.67. The summed E-state index contributed by atoms with van der Waals surface area (Å²) in [7, 11) is -2.15. The Hall–Kier alpha value is -0.793. The molecule has 1 atom stereocenters. The topological polar surface area (TPSA) is 120 Å². The molecular weight excluding hydrogens is 388 g/mol. The van der Waals surface area contributed by atoms with Crippen molar-refractivity contribution >= 4 is 14.8 Å². The van der Waals surface area contributed by atoms with Gasteiger partial charge in [0.2, 0.25) is 5.41 Å². The number of urea groups is 1. The normalized spacial score (nSPS) is 14.7. The molecule has 0 saturated heterocycles. The Bertz CT molecular complexity index is 420. The molecule has 10 nitrogen and oxygen atoms in total. The zero-order chi connectivity index (χ0) is 21.7. The molecule has 2 amide bonds. The van der Waals surface area contributed by atoms with Crippen LogP contribution in [0.1, 0.15) is 48.0 Å². The summed E-state index contributed by atoms with van der Waals surface area (Å²) in [6, 6.07) is -0.820. The second kappa shape index (κ2) is 13.4. The van der Waals surface area contributed by atoms with Crippen LogP contribution in [0.3, 0.4) is 0 Å². The van der Waals surface area contributed by atoms with E-state index in [0.29, 0.717) is 19.8 Å². The molecule has 0 aliphatic rings. The predicted octanol–water partition coefficient (Wildman–Crippen LogP) is 1.74. The average molecular weight is 427 g/mol. The molecule has 0 aromatic carbocycles. The first-order valence-electron chi connectivity index (χ1n) is 9.76. The van der Waals surface area contributed by atoms with E-state index in [0.717, 1.165) is 0 Å². The van der Waals surface area contributed by atoms with Crippen molar-refractivity contribution in [1.29, 1.82) is 0 Å². The molecule has 0 bridgehead atoms. The molecule has 0 aromatic rings. The maximum atomic E-state index is 11.7. The number of amides is 2. The van der Waals surface area contributed by atoms with Gasteiger partial charge in [-0.05, 0) is 41.5 Å². The number of methoxy groups -OCH3 is 1. The molecule has 168 valence electrons. The first kappa shape index (κ1) is 27.2. The number of primary amides is 1. The molecule has 11 heteroatoms. The lowest BCUT2D eigenvalue weighted by Gasteiger charge is -2.47. The van der Waals surface area contributed by atoms with Gasteiger partial charge < -0.3 is 38.0 Å². The minimum Gasteiger partial charge on any atom is -0.371 e. The molecule has 0 fully saturated rings. The first-order chi connectivity index (χ1) is 13.3. The summed E-state index contributed by atoms with van der Waals surface area (Å²) in [5, 5.41) is 2.53. The number of ether oxygens (including phenoxy) is 4. The second-order valence-corrected chi connectivity index (χ2v) is 8.27. The van der Waals surface area contributed by atoms with E-state index in [2.05, 4.69) is 5.32 Å².